The van der Waals surface area contributed by atoms with Gasteiger partial charge in [-0.3, -0.25) is 14.4 Å². The van der Waals surface area contributed by atoms with E-state index in [1.54, 1.807) is 6.92 Å². The minimum atomic E-state index is -1.58. The maximum absolute atomic E-state index is 12.5. The van der Waals surface area contributed by atoms with Crippen molar-refractivity contribution in [1.29, 1.82) is 0 Å². The Kier molecular flexibility index (Phi) is 7.17. The number of rotatable bonds is 7. The van der Waals surface area contributed by atoms with Gasteiger partial charge >= 0.3 is 17.9 Å². The number of hydrogen-bond acceptors (Lipinski definition) is 6. The summed E-state index contributed by atoms with van der Waals surface area (Å²) in [7, 11) is 2.43. The Balaban J connectivity index is 3.30. The molecule has 0 aliphatic carbocycles. The van der Waals surface area contributed by atoms with Crippen molar-refractivity contribution in [3.63, 3.8) is 0 Å². The molecule has 0 spiro atoms. The second-order valence-electron chi connectivity index (χ2n) is 5.34. The molecule has 0 aliphatic rings. The SMILES string of the molecule is COC(=O)C(Cc1ccccc1)(C(=O)OC)[C@@H](C)/C=C/OC(C)=O. The van der Waals surface area contributed by atoms with Crippen molar-refractivity contribution in [2.45, 2.75) is 20.3 Å². The second kappa shape index (κ2) is 8.86. The van der Waals surface area contributed by atoms with Crippen LogP contribution in [-0.4, -0.2) is 32.1 Å². The minimum Gasteiger partial charge on any atom is -0.468 e. The van der Waals surface area contributed by atoms with Crippen LogP contribution in [0.3, 0.4) is 0 Å². The van der Waals surface area contributed by atoms with Crippen LogP contribution in [0.2, 0.25) is 0 Å². The summed E-state index contributed by atoms with van der Waals surface area (Å²) in [4.78, 5) is 35.9. The Hall–Kier alpha value is -2.63. The van der Waals surface area contributed by atoms with E-state index in [1.807, 2.05) is 30.3 Å². The van der Waals surface area contributed by atoms with Crippen LogP contribution in [0, 0.1) is 11.3 Å². The highest BCUT2D eigenvalue weighted by atomic mass is 16.5. The molecule has 1 aromatic carbocycles. The van der Waals surface area contributed by atoms with Crippen molar-refractivity contribution in [2.75, 3.05) is 14.2 Å². The largest absolute Gasteiger partial charge is 0.468 e. The summed E-state index contributed by atoms with van der Waals surface area (Å²) < 4.78 is 14.5. The summed E-state index contributed by atoms with van der Waals surface area (Å²) in [6, 6.07) is 9.08. The van der Waals surface area contributed by atoms with Gasteiger partial charge in [0.15, 0.2) is 5.41 Å². The highest BCUT2D eigenvalue weighted by molar-refractivity contribution is 6.01. The topological polar surface area (TPSA) is 78.9 Å². The molecular weight excluding hydrogens is 312 g/mol. The van der Waals surface area contributed by atoms with Crippen molar-refractivity contribution < 1.29 is 28.6 Å². The van der Waals surface area contributed by atoms with E-state index in [2.05, 4.69) is 0 Å². The molecule has 130 valence electrons. The summed E-state index contributed by atoms with van der Waals surface area (Å²) in [5.74, 6) is -2.54. The number of esters is 3. The molecule has 0 heterocycles. The summed E-state index contributed by atoms with van der Waals surface area (Å²) in [5, 5.41) is 0. The second-order valence-corrected chi connectivity index (χ2v) is 5.34. The Morgan fingerprint density at radius 3 is 2.08 bits per heavy atom. The first kappa shape index (κ1) is 19.4. The molecule has 1 atom stereocenters. The van der Waals surface area contributed by atoms with E-state index in [-0.39, 0.29) is 6.42 Å². The highest BCUT2D eigenvalue weighted by Crippen LogP contribution is 2.36. The van der Waals surface area contributed by atoms with E-state index in [4.69, 9.17) is 14.2 Å². The quantitative estimate of drug-likeness (QED) is 0.329. The van der Waals surface area contributed by atoms with Crippen LogP contribution in [0.4, 0.5) is 0 Å². The molecule has 6 nitrogen and oxygen atoms in total. The van der Waals surface area contributed by atoms with Crippen molar-refractivity contribution in [1.82, 2.24) is 0 Å². The minimum absolute atomic E-state index is 0.0960. The van der Waals surface area contributed by atoms with Gasteiger partial charge in [-0.05, 0) is 18.1 Å². The van der Waals surface area contributed by atoms with Gasteiger partial charge in [0.05, 0.1) is 20.5 Å². The van der Waals surface area contributed by atoms with Crippen LogP contribution in [0.25, 0.3) is 0 Å². The summed E-state index contributed by atoms with van der Waals surface area (Å²) in [6.07, 6.45) is 2.73. The van der Waals surface area contributed by atoms with Gasteiger partial charge in [0.1, 0.15) is 0 Å². The number of methoxy groups -OCH3 is 2. The average Bonchev–Trinajstić information content (AvgIpc) is 2.58. The van der Waals surface area contributed by atoms with E-state index in [0.717, 1.165) is 5.56 Å². The maximum atomic E-state index is 12.5. The van der Waals surface area contributed by atoms with Gasteiger partial charge in [0, 0.05) is 12.8 Å². The third kappa shape index (κ3) is 4.44. The lowest BCUT2D eigenvalue weighted by atomic mass is 9.71. The third-order valence-corrected chi connectivity index (χ3v) is 3.80. The van der Waals surface area contributed by atoms with Crippen molar-refractivity contribution >= 4 is 17.9 Å². The fourth-order valence-electron chi connectivity index (χ4n) is 2.46. The number of carbonyl (C=O) groups excluding carboxylic acids is 3. The zero-order valence-corrected chi connectivity index (χ0v) is 14.3. The Morgan fingerprint density at radius 2 is 1.62 bits per heavy atom. The molecule has 6 heteroatoms. The summed E-state index contributed by atoms with van der Waals surface area (Å²) in [5.41, 5.74) is -0.803. The lowest BCUT2D eigenvalue weighted by molar-refractivity contribution is -0.172. The molecule has 0 aliphatic heterocycles. The summed E-state index contributed by atoms with van der Waals surface area (Å²) in [6.45, 7) is 2.92. The van der Waals surface area contributed by atoms with Crippen molar-refractivity contribution in [3.05, 3.63) is 48.2 Å². The standard InChI is InChI=1S/C18H22O6/c1-13(10-11-24-14(2)19)18(16(20)22-3,17(21)23-4)12-15-8-6-5-7-9-15/h5-11,13H,12H2,1-4H3/b11-10+/t13-/m0/s1. The number of hydrogen-bond donors (Lipinski definition) is 0. The van der Waals surface area contributed by atoms with Gasteiger partial charge in [-0.1, -0.05) is 37.3 Å². The van der Waals surface area contributed by atoms with Crippen molar-refractivity contribution in [3.8, 4) is 0 Å². The first-order chi connectivity index (χ1) is 11.4. The lowest BCUT2D eigenvalue weighted by Crippen LogP contribution is -2.47. The van der Waals surface area contributed by atoms with E-state index in [1.165, 1.54) is 33.5 Å². The van der Waals surface area contributed by atoms with Gasteiger partial charge in [-0.15, -0.1) is 0 Å². The van der Waals surface area contributed by atoms with Gasteiger partial charge < -0.3 is 14.2 Å². The Labute approximate surface area is 141 Å². The summed E-state index contributed by atoms with van der Waals surface area (Å²) >= 11 is 0. The Bertz CT molecular complexity index is 589. The van der Waals surface area contributed by atoms with Gasteiger partial charge in [0.2, 0.25) is 0 Å². The molecule has 0 unspecified atom stereocenters. The molecule has 0 aromatic heterocycles. The molecule has 1 aromatic rings. The molecule has 0 saturated carbocycles. The predicted molar refractivity (Wildman–Crippen MR) is 86.7 cm³/mol. The van der Waals surface area contributed by atoms with E-state index < -0.39 is 29.2 Å². The smallest absolute Gasteiger partial charge is 0.324 e. The van der Waals surface area contributed by atoms with Crippen molar-refractivity contribution in [2.24, 2.45) is 11.3 Å². The molecule has 0 N–H and O–H groups in total. The zero-order chi connectivity index (χ0) is 18.2. The number of allylic oxidation sites excluding steroid dienone is 1. The number of ether oxygens (including phenoxy) is 3. The fourth-order valence-corrected chi connectivity index (χ4v) is 2.46. The highest BCUT2D eigenvalue weighted by Gasteiger charge is 2.52. The van der Waals surface area contributed by atoms with Gasteiger partial charge in [-0.25, -0.2) is 0 Å². The third-order valence-electron chi connectivity index (χ3n) is 3.80. The molecule has 0 radical (unpaired) electrons. The fraction of sp³-hybridized carbons (Fsp3) is 0.389. The van der Waals surface area contributed by atoms with Crippen LogP contribution in [0.5, 0.6) is 0 Å². The molecule has 1 rings (SSSR count). The van der Waals surface area contributed by atoms with Crippen LogP contribution in [0.1, 0.15) is 19.4 Å². The van der Waals surface area contributed by atoms with E-state index in [0.29, 0.717) is 0 Å². The predicted octanol–water partition coefficient (Wildman–Crippen LogP) is 2.27. The monoisotopic (exact) mass is 334 g/mol. The van der Waals surface area contributed by atoms with Crippen LogP contribution in [-0.2, 0) is 35.0 Å². The molecule has 24 heavy (non-hydrogen) atoms. The normalized spacial score (nSPS) is 12.5. The first-order valence-corrected chi connectivity index (χ1v) is 7.43. The number of benzene rings is 1. The van der Waals surface area contributed by atoms with Gasteiger partial charge in [-0.2, -0.15) is 0 Å². The van der Waals surface area contributed by atoms with Crippen LogP contribution < -0.4 is 0 Å². The average molecular weight is 334 g/mol. The van der Waals surface area contributed by atoms with Crippen LogP contribution >= 0.6 is 0 Å². The van der Waals surface area contributed by atoms with Crippen LogP contribution in [0.15, 0.2) is 42.7 Å². The van der Waals surface area contributed by atoms with E-state index in [9.17, 15) is 14.4 Å². The zero-order valence-electron chi connectivity index (χ0n) is 14.3. The maximum Gasteiger partial charge on any atom is 0.324 e. The molecular formula is C18H22O6. The molecule has 0 amide bonds. The Morgan fingerprint density at radius 1 is 1.08 bits per heavy atom. The molecule has 0 bridgehead atoms. The lowest BCUT2D eigenvalue weighted by Gasteiger charge is -2.32. The van der Waals surface area contributed by atoms with Gasteiger partial charge in [0.25, 0.3) is 0 Å². The molecule has 0 saturated heterocycles. The van der Waals surface area contributed by atoms with E-state index >= 15 is 0 Å². The number of carbonyl (C=O) groups is 3. The first-order valence-electron chi connectivity index (χ1n) is 7.43. The molecule has 0 fully saturated rings.